The average Bonchev–Trinajstić information content (AvgIpc) is 2.92. The molecule has 2 aromatic rings. The highest BCUT2D eigenvalue weighted by Crippen LogP contribution is 2.26. The third-order valence-electron chi connectivity index (χ3n) is 2.33. The third-order valence-corrected chi connectivity index (χ3v) is 2.33. The van der Waals surface area contributed by atoms with E-state index in [2.05, 4.69) is 10.1 Å². The first-order valence-corrected chi connectivity index (χ1v) is 5.35. The molecule has 0 aliphatic carbocycles. The van der Waals surface area contributed by atoms with Crippen LogP contribution in [0.4, 0.5) is 23.2 Å². The van der Waals surface area contributed by atoms with E-state index in [0.29, 0.717) is 0 Å². The summed E-state index contributed by atoms with van der Waals surface area (Å²) < 4.78 is 51.2. The molecule has 0 bridgehead atoms. The Hall–Kier alpha value is -2.45. The second-order valence-electron chi connectivity index (χ2n) is 3.70. The molecule has 106 valence electrons. The number of hydrogen-bond acceptors (Lipinski definition) is 3. The van der Waals surface area contributed by atoms with Gasteiger partial charge in [-0.05, 0) is 18.2 Å². The summed E-state index contributed by atoms with van der Waals surface area (Å²) in [5.41, 5.74) is -0.151. The number of pyridine rings is 1. The number of rotatable bonds is 4. The molecule has 0 unspecified atom stereocenters. The Kier molecular flexibility index (Phi) is 3.68. The molecule has 5 nitrogen and oxygen atoms in total. The molecule has 2 rings (SSSR count). The Morgan fingerprint density at radius 3 is 2.65 bits per heavy atom. The highest BCUT2D eigenvalue weighted by atomic mass is 19.3. The SMILES string of the molecule is O=C(Nc1cccnc1-n1cccn1)C(F)(F)C(F)F. The lowest BCUT2D eigenvalue weighted by atomic mass is 10.3. The maximum absolute atomic E-state index is 12.9. The minimum atomic E-state index is -4.78. The van der Waals surface area contributed by atoms with E-state index in [1.807, 2.05) is 0 Å². The summed E-state index contributed by atoms with van der Waals surface area (Å²) in [6.45, 7) is 0. The van der Waals surface area contributed by atoms with Gasteiger partial charge in [0.25, 0.3) is 0 Å². The second-order valence-corrected chi connectivity index (χ2v) is 3.70. The fourth-order valence-corrected chi connectivity index (χ4v) is 1.38. The van der Waals surface area contributed by atoms with E-state index in [-0.39, 0.29) is 11.5 Å². The van der Waals surface area contributed by atoms with Gasteiger partial charge in [-0.3, -0.25) is 4.79 Å². The van der Waals surface area contributed by atoms with Gasteiger partial charge in [0.1, 0.15) is 0 Å². The monoisotopic (exact) mass is 288 g/mol. The molecule has 0 atom stereocenters. The van der Waals surface area contributed by atoms with Gasteiger partial charge in [-0.2, -0.15) is 13.9 Å². The number of carbonyl (C=O) groups is 1. The van der Waals surface area contributed by atoms with Crippen molar-refractivity contribution in [1.29, 1.82) is 0 Å². The highest BCUT2D eigenvalue weighted by Gasteiger charge is 2.49. The van der Waals surface area contributed by atoms with Gasteiger partial charge in [0.2, 0.25) is 0 Å². The molecule has 1 N–H and O–H groups in total. The largest absolute Gasteiger partial charge is 0.383 e. The fraction of sp³-hybridized carbons (Fsp3) is 0.182. The number of carbonyl (C=O) groups excluding carboxylic acids is 1. The van der Waals surface area contributed by atoms with Crippen molar-refractivity contribution < 1.29 is 22.4 Å². The van der Waals surface area contributed by atoms with Gasteiger partial charge < -0.3 is 5.32 Å². The van der Waals surface area contributed by atoms with Crippen molar-refractivity contribution in [2.45, 2.75) is 12.3 Å². The summed E-state index contributed by atoms with van der Waals surface area (Å²) in [6.07, 6.45) is 0.127. The molecule has 2 aromatic heterocycles. The molecular weight excluding hydrogens is 280 g/mol. The number of anilines is 1. The van der Waals surface area contributed by atoms with Crippen LogP contribution in [0.3, 0.4) is 0 Å². The van der Waals surface area contributed by atoms with Crippen molar-refractivity contribution in [2.75, 3.05) is 5.32 Å². The zero-order valence-electron chi connectivity index (χ0n) is 9.80. The Morgan fingerprint density at radius 1 is 1.30 bits per heavy atom. The number of aromatic nitrogens is 3. The van der Waals surface area contributed by atoms with Crippen LogP contribution in [0.15, 0.2) is 36.8 Å². The molecule has 0 aliphatic rings. The standard InChI is InChI=1S/C11H8F4N4O/c12-9(13)11(14,15)10(20)18-7-3-1-4-16-8(7)19-6-2-5-17-19/h1-6,9H,(H,18,20). The Balaban J connectivity index is 2.29. The molecule has 1 amide bonds. The molecular formula is C11H8F4N4O. The zero-order valence-corrected chi connectivity index (χ0v) is 9.80. The normalized spacial score (nSPS) is 11.7. The van der Waals surface area contributed by atoms with Crippen molar-refractivity contribution in [3.8, 4) is 5.82 Å². The summed E-state index contributed by atoms with van der Waals surface area (Å²) >= 11 is 0. The van der Waals surface area contributed by atoms with Crippen LogP contribution in [0.5, 0.6) is 0 Å². The molecule has 0 aliphatic heterocycles. The number of halogens is 4. The topological polar surface area (TPSA) is 59.8 Å². The van der Waals surface area contributed by atoms with Crippen LogP contribution in [0.2, 0.25) is 0 Å². The van der Waals surface area contributed by atoms with Crippen molar-refractivity contribution in [3.63, 3.8) is 0 Å². The highest BCUT2D eigenvalue weighted by molar-refractivity contribution is 5.97. The van der Waals surface area contributed by atoms with Crippen LogP contribution in [0.25, 0.3) is 5.82 Å². The first kappa shape index (κ1) is 14.0. The molecule has 0 saturated heterocycles. The van der Waals surface area contributed by atoms with Gasteiger partial charge in [-0.15, -0.1) is 0 Å². The molecule has 0 radical (unpaired) electrons. The van der Waals surface area contributed by atoms with Crippen molar-refractivity contribution in [2.24, 2.45) is 0 Å². The number of alkyl halides is 4. The Morgan fingerprint density at radius 2 is 2.05 bits per heavy atom. The summed E-state index contributed by atoms with van der Waals surface area (Å²) in [5, 5.41) is 5.55. The minimum absolute atomic E-state index is 0.0379. The molecule has 20 heavy (non-hydrogen) atoms. The Labute approximate surface area is 110 Å². The van der Waals surface area contributed by atoms with E-state index < -0.39 is 18.3 Å². The van der Waals surface area contributed by atoms with Crippen LogP contribution >= 0.6 is 0 Å². The number of amides is 1. The number of hydrogen-bond donors (Lipinski definition) is 1. The van der Waals surface area contributed by atoms with Gasteiger partial charge in [0.15, 0.2) is 5.82 Å². The van der Waals surface area contributed by atoms with Crippen molar-refractivity contribution in [3.05, 3.63) is 36.8 Å². The van der Waals surface area contributed by atoms with Crippen LogP contribution in [0, 0.1) is 0 Å². The van der Waals surface area contributed by atoms with E-state index >= 15 is 0 Å². The lowest BCUT2D eigenvalue weighted by molar-refractivity contribution is -0.163. The molecule has 0 aromatic carbocycles. The predicted octanol–water partition coefficient (Wildman–Crippen LogP) is 2.11. The minimum Gasteiger partial charge on any atom is -0.317 e. The maximum atomic E-state index is 12.9. The van der Waals surface area contributed by atoms with Gasteiger partial charge in [0.05, 0.1) is 5.69 Å². The number of nitrogens with zero attached hydrogens (tertiary/aromatic N) is 3. The third kappa shape index (κ3) is 2.60. The predicted molar refractivity (Wildman–Crippen MR) is 60.9 cm³/mol. The van der Waals surface area contributed by atoms with Gasteiger partial charge in [0, 0.05) is 18.6 Å². The van der Waals surface area contributed by atoms with Crippen molar-refractivity contribution >= 4 is 11.6 Å². The summed E-state index contributed by atoms with van der Waals surface area (Å²) in [6, 6.07) is 4.17. The summed E-state index contributed by atoms with van der Waals surface area (Å²) in [5.74, 6) is -6.85. The number of nitrogens with one attached hydrogen (secondary N) is 1. The first-order valence-electron chi connectivity index (χ1n) is 5.35. The van der Waals surface area contributed by atoms with Gasteiger partial charge >= 0.3 is 18.3 Å². The molecule has 9 heteroatoms. The lowest BCUT2D eigenvalue weighted by Gasteiger charge is -2.16. The van der Waals surface area contributed by atoms with E-state index in [9.17, 15) is 22.4 Å². The second kappa shape index (κ2) is 5.27. The first-order chi connectivity index (χ1) is 9.43. The van der Waals surface area contributed by atoms with E-state index in [1.165, 1.54) is 35.4 Å². The van der Waals surface area contributed by atoms with Gasteiger partial charge in [-0.25, -0.2) is 18.4 Å². The summed E-state index contributed by atoms with van der Waals surface area (Å²) in [7, 11) is 0. The van der Waals surface area contributed by atoms with E-state index in [0.717, 1.165) is 0 Å². The van der Waals surface area contributed by atoms with Gasteiger partial charge in [-0.1, -0.05) is 0 Å². The molecule has 0 saturated carbocycles. The quantitative estimate of drug-likeness (QED) is 0.876. The zero-order chi connectivity index (χ0) is 14.8. The molecule has 2 heterocycles. The molecule has 0 spiro atoms. The Bertz CT molecular complexity index is 600. The van der Waals surface area contributed by atoms with Crippen LogP contribution in [-0.4, -0.2) is 33.0 Å². The average molecular weight is 288 g/mol. The van der Waals surface area contributed by atoms with E-state index in [1.54, 1.807) is 11.4 Å². The fourth-order valence-electron chi connectivity index (χ4n) is 1.38. The van der Waals surface area contributed by atoms with Crippen LogP contribution in [-0.2, 0) is 4.79 Å². The smallest absolute Gasteiger partial charge is 0.317 e. The van der Waals surface area contributed by atoms with E-state index in [4.69, 9.17) is 0 Å². The maximum Gasteiger partial charge on any atom is 0.383 e. The lowest BCUT2D eigenvalue weighted by Crippen LogP contribution is -2.41. The van der Waals surface area contributed by atoms with Crippen LogP contribution in [0.1, 0.15) is 0 Å². The van der Waals surface area contributed by atoms with Crippen molar-refractivity contribution in [1.82, 2.24) is 14.8 Å². The molecule has 0 fully saturated rings. The summed E-state index contributed by atoms with van der Waals surface area (Å²) in [4.78, 5) is 15.1. The van der Waals surface area contributed by atoms with Crippen LogP contribution < -0.4 is 5.32 Å².